The van der Waals surface area contributed by atoms with Gasteiger partial charge in [-0.15, -0.1) is 0 Å². The SMILES string of the molecule is c1ccc(-c2ccccc2CNCc2ccccn2)cc1. The molecule has 0 radical (unpaired) electrons. The Hall–Kier alpha value is -2.45. The Labute approximate surface area is 125 Å². The van der Waals surface area contributed by atoms with Gasteiger partial charge in [-0.2, -0.15) is 0 Å². The lowest BCUT2D eigenvalue weighted by Gasteiger charge is -2.10. The highest BCUT2D eigenvalue weighted by molar-refractivity contribution is 5.67. The van der Waals surface area contributed by atoms with Gasteiger partial charge in [-0.25, -0.2) is 0 Å². The molecule has 0 aliphatic rings. The maximum Gasteiger partial charge on any atom is 0.0541 e. The van der Waals surface area contributed by atoms with Gasteiger partial charge in [0.2, 0.25) is 0 Å². The Morgan fingerprint density at radius 1 is 0.714 bits per heavy atom. The van der Waals surface area contributed by atoms with Gasteiger partial charge in [-0.05, 0) is 28.8 Å². The Bertz CT molecular complexity index is 678. The van der Waals surface area contributed by atoms with E-state index in [0.717, 1.165) is 18.8 Å². The highest BCUT2D eigenvalue weighted by atomic mass is 14.9. The van der Waals surface area contributed by atoms with Crippen molar-refractivity contribution in [3.63, 3.8) is 0 Å². The molecule has 0 unspecified atom stereocenters. The fraction of sp³-hybridized carbons (Fsp3) is 0.105. The zero-order valence-electron chi connectivity index (χ0n) is 11.9. The van der Waals surface area contributed by atoms with E-state index in [4.69, 9.17) is 0 Å². The molecule has 0 amide bonds. The molecular weight excluding hydrogens is 256 g/mol. The van der Waals surface area contributed by atoms with Crippen molar-refractivity contribution in [1.82, 2.24) is 10.3 Å². The predicted molar refractivity (Wildman–Crippen MR) is 86.7 cm³/mol. The van der Waals surface area contributed by atoms with Gasteiger partial charge < -0.3 is 5.32 Å². The lowest BCUT2D eigenvalue weighted by atomic mass is 10.00. The first-order chi connectivity index (χ1) is 10.4. The third-order valence-corrected chi connectivity index (χ3v) is 3.45. The molecule has 0 fully saturated rings. The molecule has 1 heterocycles. The molecule has 0 spiro atoms. The lowest BCUT2D eigenvalue weighted by Crippen LogP contribution is -2.14. The first-order valence-electron chi connectivity index (χ1n) is 7.17. The molecule has 2 heteroatoms. The summed E-state index contributed by atoms with van der Waals surface area (Å²) in [4.78, 5) is 4.33. The van der Waals surface area contributed by atoms with E-state index < -0.39 is 0 Å². The van der Waals surface area contributed by atoms with Crippen LogP contribution in [-0.4, -0.2) is 4.98 Å². The number of aromatic nitrogens is 1. The fourth-order valence-electron chi connectivity index (χ4n) is 2.40. The van der Waals surface area contributed by atoms with Crippen LogP contribution in [0.4, 0.5) is 0 Å². The summed E-state index contributed by atoms with van der Waals surface area (Å²) in [6.07, 6.45) is 1.83. The summed E-state index contributed by atoms with van der Waals surface area (Å²) in [6.45, 7) is 1.62. The second-order valence-corrected chi connectivity index (χ2v) is 4.95. The van der Waals surface area contributed by atoms with E-state index in [9.17, 15) is 0 Å². The number of benzene rings is 2. The zero-order valence-corrected chi connectivity index (χ0v) is 11.9. The smallest absolute Gasteiger partial charge is 0.0541 e. The Morgan fingerprint density at radius 2 is 1.48 bits per heavy atom. The summed E-state index contributed by atoms with van der Waals surface area (Å²) in [6, 6.07) is 25.0. The van der Waals surface area contributed by atoms with Crippen molar-refractivity contribution in [3.8, 4) is 11.1 Å². The summed E-state index contributed by atoms with van der Waals surface area (Å²) in [5, 5.41) is 3.47. The maximum atomic E-state index is 4.33. The molecule has 0 aliphatic heterocycles. The van der Waals surface area contributed by atoms with E-state index in [-0.39, 0.29) is 0 Å². The van der Waals surface area contributed by atoms with Crippen LogP contribution in [0.3, 0.4) is 0 Å². The van der Waals surface area contributed by atoms with E-state index in [2.05, 4.69) is 58.8 Å². The van der Waals surface area contributed by atoms with Gasteiger partial charge in [0.25, 0.3) is 0 Å². The van der Waals surface area contributed by atoms with Gasteiger partial charge in [0.05, 0.1) is 5.69 Å². The van der Waals surface area contributed by atoms with Crippen LogP contribution in [0.25, 0.3) is 11.1 Å². The highest BCUT2D eigenvalue weighted by Crippen LogP contribution is 2.23. The van der Waals surface area contributed by atoms with Crippen LogP contribution < -0.4 is 5.32 Å². The molecule has 104 valence electrons. The summed E-state index contributed by atoms with van der Waals surface area (Å²) < 4.78 is 0. The van der Waals surface area contributed by atoms with Crippen molar-refractivity contribution in [2.75, 3.05) is 0 Å². The van der Waals surface area contributed by atoms with Crippen molar-refractivity contribution in [2.45, 2.75) is 13.1 Å². The molecule has 3 aromatic rings. The number of rotatable bonds is 5. The average Bonchev–Trinajstić information content (AvgIpc) is 2.57. The maximum absolute atomic E-state index is 4.33. The minimum absolute atomic E-state index is 0.782. The van der Waals surface area contributed by atoms with Crippen molar-refractivity contribution >= 4 is 0 Å². The molecule has 2 aromatic carbocycles. The van der Waals surface area contributed by atoms with Gasteiger partial charge in [0.1, 0.15) is 0 Å². The molecule has 0 bridgehead atoms. The Balaban J connectivity index is 1.71. The van der Waals surface area contributed by atoms with Gasteiger partial charge in [-0.3, -0.25) is 4.98 Å². The third-order valence-electron chi connectivity index (χ3n) is 3.45. The molecule has 0 saturated heterocycles. The normalized spacial score (nSPS) is 10.5. The fourth-order valence-corrected chi connectivity index (χ4v) is 2.40. The second kappa shape index (κ2) is 6.82. The molecule has 1 N–H and O–H groups in total. The van der Waals surface area contributed by atoms with Crippen LogP contribution in [0.2, 0.25) is 0 Å². The number of pyridine rings is 1. The monoisotopic (exact) mass is 274 g/mol. The Morgan fingerprint density at radius 3 is 2.29 bits per heavy atom. The molecule has 3 rings (SSSR count). The van der Waals surface area contributed by atoms with E-state index in [1.54, 1.807) is 0 Å². The molecule has 0 saturated carbocycles. The third kappa shape index (κ3) is 3.56. The van der Waals surface area contributed by atoms with Gasteiger partial charge in [0.15, 0.2) is 0 Å². The van der Waals surface area contributed by atoms with Crippen LogP contribution in [0.5, 0.6) is 0 Å². The quantitative estimate of drug-likeness (QED) is 0.759. The minimum Gasteiger partial charge on any atom is -0.307 e. The zero-order chi connectivity index (χ0) is 14.3. The molecule has 0 atom stereocenters. The Kier molecular flexibility index (Phi) is 4.39. The second-order valence-electron chi connectivity index (χ2n) is 4.95. The highest BCUT2D eigenvalue weighted by Gasteiger charge is 2.03. The molecule has 0 aliphatic carbocycles. The average molecular weight is 274 g/mol. The molecule has 21 heavy (non-hydrogen) atoms. The summed E-state index contributed by atoms with van der Waals surface area (Å²) in [7, 11) is 0. The molecule has 1 aromatic heterocycles. The van der Waals surface area contributed by atoms with E-state index in [0.29, 0.717) is 0 Å². The predicted octanol–water partition coefficient (Wildman–Crippen LogP) is 4.04. The number of nitrogens with zero attached hydrogens (tertiary/aromatic N) is 1. The number of hydrogen-bond donors (Lipinski definition) is 1. The van der Waals surface area contributed by atoms with Gasteiger partial charge in [0, 0.05) is 19.3 Å². The molecule has 2 nitrogen and oxygen atoms in total. The summed E-state index contributed by atoms with van der Waals surface area (Å²) in [5.74, 6) is 0. The van der Waals surface area contributed by atoms with E-state index in [1.807, 2.05) is 30.5 Å². The van der Waals surface area contributed by atoms with E-state index in [1.165, 1.54) is 16.7 Å². The van der Waals surface area contributed by atoms with Crippen molar-refractivity contribution < 1.29 is 0 Å². The largest absolute Gasteiger partial charge is 0.307 e. The van der Waals surface area contributed by atoms with Crippen molar-refractivity contribution in [2.24, 2.45) is 0 Å². The summed E-state index contributed by atoms with van der Waals surface area (Å²) >= 11 is 0. The van der Waals surface area contributed by atoms with Gasteiger partial charge >= 0.3 is 0 Å². The lowest BCUT2D eigenvalue weighted by molar-refractivity contribution is 0.680. The van der Waals surface area contributed by atoms with E-state index >= 15 is 0 Å². The van der Waals surface area contributed by atoms with Gasteiger partial charge in [-0.1, -0.05) is 60.7 Å². The molecular formula is C19H18N2. The minimum atomic E-state index is 0.782. The standard InChI is InChI=1S/C19H18N2/c1-2-8-16(9-3-1)19-12-5-4-10-17(19)14-20-15-18-11-6-7-13-21-18/h1-13,20H,14-15H2. The topological polar surface area (TPSA) is 24.9 Å². The van der Waals surface area contributed by atoms with Crippen molar-refractivity contribution in [3.05, 3.63) is 90.3 Å². The van der Waals surface area contributed by atoms with Crippen LogP contribution in [0.15, 0.2) is 79.0 Å². The number of hydrogen-bond acceptors (Lipinski definition) is 2. The summed E-state index contributed by atoms with van der Waals surface area (Å²) in [5.41, 5.74) is 4.91. The van der Waals surface area contributed by atoms with Crippen LogP contribution >= 0.6 is 0 Å². The first-order valence-corrected chi connectivity index (χ1v) is 7.17. The van der Waals surface area contributed by atoms with Crippen LogP contribution in [0.1, 0.15) is 11.3 Å². The number of nitrogens with one attached hydrogen (secondary N) is 1. The van der Waals surface area contributed by atoms with Crippen molar-refractivity contribution in [1.29, 1.82) is 0 Å². The van der Waals surface area contributed by atoms with Crippen LogP contribution in [0, 0.1) is 0 Å². The van der Waals surface area contributed by atoms with Crippen LogP contribution in [-0.2, 0) is 13.1 Å². The first kappa shape index (κ1) is 13.5.